The van der Waals surface area contributed by atoms with Crippen LogP contribution in [0, 0.1) is 5.82 Å². The Morgan fingerprint density at radius 1 is 1.19 bits per heavy atom. The molecule has 1 atom stereocenters. The smallest absolute Gasteiger partial charge is 0.335 e. The molecular formula is C20H22FNO4. The standard InChI is InChI=1S/C20H22FNO4/c1-13(14-5-7-17(21)8-6-14)11-19(23)22-10-9-15-3-4-16(20(24)25)12-18(15)26-2/h3-8,12-13H,9-11H2,1-2H3,(H,22,23)(H,24,25). The lowest BCUT2D eigenvalue weighted by Crippen LogP contribution is -2.26. The third-order valence-corrected chi connectivity index (χ3v) is 4.18. The zero-order valence-electron chi connectivity index (χ0n) is 14.8. The van der Waals surface area contributed by atoms with Crippen molar-refractivity contribution in [2.75, 3.05) is 13.7 Å². The number of halogens is 1. The maximum absolute atomic E-state index is 12.9. The molecule has 2 rings (SSSR count). The van der Waals surface area contributed by atoms with E-state index in [4.69, 9.17) is 9.84 Å². The summed E-state index contributed by atoms with van der Waals surface area (Å²) in [4.78, 5) is 23.1. The third kappa shape index (κ3) is 5.31. The second kappa shape index (κ2) is 8.99. The second-order valence-corrected chi connectivity index (χ2v) is 6.09. The van der Waals surface area contributed by atoms with Gasteiger partial charge in [0.1, 0.15) is 11.6 Å². The second-order valence-electron chi connectivity index (χ2n) is 6.09. The Labute approximate surface area is 151 Å². The van der Waals surface area contributed by atoms with Gasteiger partial charge in [-0.2, -0.15) is 0 Å². The van der Waals surface area contributed by atoms with Crippen LogP contribution in [0.15, 0.2) is 42.5 Å². The van der Waals surface area contributed by atoms with Gasteiger partial charge in [0.15, 0.2) is 0 Å². The molecule has 2 N–H and O–H groups in total. The fourth-order valence-electron chi connectivity index (χ4n) is 2.68. The first-order valence-electron chi connectivity index (χ1n) is 8.33. The van der Waals surface area contributed by atoms with Gasteiger partial charge in [-0.25, -0.2) is 9.18 Å². The van der Waals surface area contributed by atoms with Gasteiger partial charge in [0.25, 0.3) is 0 Å². The van der Waals surface area contributed by atoms with Crippen LogP contribution in [0.25, 0.3) is 0 Å². The van der Waals surface area contributed by atoms with Crippen LogP contribution in [0.1, 0.15) is 40.7 Å². The number of aromatic carboxylic acids is 1. The number of carboxylic acids is 1. The molecule has 0 spiro atoms. The lowest BCUT2D eigenvalue weighted by molar-refractivity contribution is -0.121. The van der Waals surface area contributed by atoms with Crippen molar-refractivity contribution in [3.05, 3.63) is 65.0 Å². The first kappa shape index (κ1) is 19.4. The van der Waals surface area contributed by atoms with Gasteiger partial charge in [-0.3, -0.25) is 4.79 Å². The predicted molar refractivity (Wildman–Crippen MR) is 96.1 cm³/mol. The number of hydrogen-bond donors (Lipinski definition) is 2. The largest absolute Gasteiger partial charge is 0.496 e. The molecule has 5 nitrogen and oxygen atoms in total. The van der Waals surface area contributed by atoms with Gasteiger partial charge in [0, 0.05) is 13.0 Å². The van der Waals surface area contributed by atoms with Crippen LogP contribution in [0.4, 0.5) is 4.39 Å². The van der Waals surface area contributed by atoms with Crippen molar-refractivity contribution in [1.29, 1.82) is 0 Å². The van der Waals surface area contributed by atoms with E-state index in [1.165, 1.54) is 31.4 Å². The Balaban J connectivity index is 1.86. The summed E-state index contributed by atoms with van der Waals surface area (Å²) in [6.45, 7) is 2.33. The predicted octanol–water partition coefficient (Wildman–Crippen LogP) is 3.39. The van der Waals surface area contributed by atoms with Crippen LogP contribution in [-0.4, -0.2) is 30.6 Å². The van der Waals surface area contributed by atoms with Crippen molar-refractivity contribution in [3.8, 4) is 5.75 Å². The number of carbonyl (C=O) groups is 2. The first-order chi connectivity index (χ1) is 12.4. The van der Waals surface area contributed by atoms with Crippen molar-refractivity contribution in [1.82, 2.24) is 5.32 Å². The third-order valence-electron chi connectivity index (χ3n) is 4.18. The van der Waals surface area contributed by atoms with Crippen LogP contribution in [-0.2, 0) is 11.2 Å². The molecule has 0 radical (unpaired) electrons. The van der Waals surface area contributed by atoms with Crippen LogP contribution in [0.5, 0.6) is 5.75 Å². The summed E-state index contributed by atoms with van der Waals surface area (Å²) in [5.41, 5.74) is 1.89. The number of ether oxygens (including phenoxy) is 1. The normalized spacial score (nSPS) is 11.7. The van der Waals surface area contributed by atoms with Crippen molar-refractivity contribution in [2.45, 2.75) is 25.7 Å². The summed E-state index contributed by atoms with van der Waals surface area (Å²) < 4.78 is 18.2. The quantitative estimate of drug-likeness (QED) is 0.758. The summed E-state index contributed by atoms with van der Waals surface area (Å²) in [6.07, 6.45) is 0.834. The molecular weight excluding hydrogens is 337 g/mol. The molecule has 0 fully saturated rings. The number of benzene rings is 2. The highest BCUT2D eigenvalue weighted by Gasteiger charge is 2.12. The van der Waals surface area contributed by atoms with Crippen LogP contribution < -0.4 is 10.1 Å². The maximum atomic E-state index is 12.9. The van der Waals surface area contributed by atoms with E-state index in [1.807, 2.05) is 6.92 Å². The molecule has 0 aromatic heterocycles. The van der Waals surface area contributed by atoms with Crippen molar-refractivity contribution < 1.29 is 23.8 Å². The molecule has 1 unspecified atom stereocenters. The molecule has 26 heavy (non-hydrogen) atoms. The van der Waals surface area contributed by atoms with Crippen molar-refractivity contribution in [3.63, 3.8) is 0 Å². The van der Waals surface area contributed by atoms with E-state index >= 15 is 0 Å². The van der Waals surface area contributed by atoms with E-state index in [1.54, 1.807) is 18.2 Å². The Morgan fingerprint density at radius 2 is 1.88 bits per heavy atom. The number of carboxylic acid groups (broad SMARTS) is 1. The van der Waals surface area contributed by atoms with E-state index in [0.29, 0.717) is 25.1 Å². The van der Waals surface area contributed by atoms with Gasteiger partial charge in [0.05, 0.1) is 12.7 Å². The minimum Gasteiger partial charge on any atom is -0.496 e. The molecule has 0 bridgehead atoms. The first-order valence-corrected chi connectivity index (χ1v) is 8.33. The van der Waals surface area contributed by atoms with Crippen molar-refractivity contribution in [2.24, 2.45) is 0 Å². The van der Waals surface area contributed by atoms with Gasteiger partial charge in [-0.15, -0.1) is 0 Å². The molecule has 0 aliphatic carbocycles. The number of amides is 1. The Morgan fingerprint density at radius 3 is 2.50 bits per heavy atom. The van der Waals surface area contributed by atoms with E-state index in [2.05, 4.69) is 5.32 Å². The van der Waals surface area contributed by atoms with Gasteiger partial charge in [-0.1, -0.05) is 25.1 Å². The Kier molecular flexibility index (Phi) is 6.72. The van der Waals surface area contributed by atoms with E-state index in [9.17, 15) is 14.0 Å². The molecule has 2 aromatic rings. The monoisotopic (exact) mass is 359 g/mol. The molecule has 0 aliphatic rings. The molecule has 0 saturated heterocycles. The molecule has 0 heterocycles. The van der Waals surface area contributed by atoms with Crippen molar-refractivity contribution >= 4 is 11.9 Å². The Hall–Kier alpha value is -2.89. The molecule has 2 aromatic carbocycles. The lowest BCUT2D eigenvalue weighted by Gasteiger charge is -2.13. The molecule has 0 aliphatic heterocycles. The summed E-state index contributed by atoms with van der Waals surface area (Å²) in [5, 5.41) is 11.9. The number of methoxy groups -OCH3 is 1. The maximum Gasteiger partial charge on any atom is 0.335 e. The van der Waals surface area contributed by atoms with Crippen LogP contribution in [0.3, 0.4) is 0 Å². The van der Waals surface area contributed by atoms with Gasteiger partial charge in [-0.05, 0) is 47.7 Å². The number of hydrogen-bond acceptors (Lipinski definition) is 3. The summed E-state index contributed by atoms with van der Waals surface area (Å²) >= 11 is 0. The minimum absolute atomic E-state index is 0.0139. The summed E-state index contributed by atoms with van der Waals surface area (Å²) in [6, 6.07) is 10.8. The topological polar surface area (TPSA) is 75.6 Å². The van der Waals surface area contributed by atoms with Crippen LogP contribution >= 0.6 is 0 Å². The highest BCUT2D eigenvalue weighted by atomic mass is 19.1. The molecule has 0 saturated carbocycles. The molecule has 138 valence electrons. The van der Waals surface area contributed by atoms with Gasteiger partial charge >= 0.3 is 5.97 Å². The molecule has 6 heteroatoms. The van der Waals surface area contributed by atoms with E-state index in [-0.39, 0.29) is 23.2 Å². The number of carbonyl (C=O) groups excluding carboxylic acids is 1. The minimum atomic E-state index is -1.02. The Bertz CT molecular complexity index is 774. The highest BCUT2D eigenvalue weighted by molar-refractivity contribution is 5.88. The summed E-state index contributed by atoms with van der Waals surface area (Å²) in [5.74, 6) is -0.937. The highest BCUT2D eigenvalue weighted by Crippen LogP contribution is 2.21. The number of nitrogens with one attached hydrogen (secondary N) is 1. The zero-order chi connectivity index (χ0) is 19.1. The zero-order valence-corrected chi connectivity index (χ0v) is 14.8. The summed E-state index contributed by atoms with van der Waals surface area (Å²) in [7, 11) is 1.48. The lowest BCUT2D eigenvalue weighted by atomic mass is 9.97. The van der Waals surface area contributed by atoms with E-state index in [0.717, 1.165) is 11.1 Å². The van der Waals surface area contributed by atoms with E-state index < -0.39 is 5.97 Å². The van der Waals surface area contributed by atoms with Gasteiger partial charge < -0.3 is 15.2 Å². The average Bonchev–Trinajstić information content (AvgIpc) is 2.62. The fourth-order valence-corrected chi connectivity index (χ4v) is 2.68. The fraction of sp³-hybridized carbons (Fsp3) is 0.300. The van der Waals surface area contributed by atoms with Gasteiger partial charge in [0.2, 0.25) is 5.91 Å². The molecule has 1 amide bonds. The average molecular weight is 359 g/mol. The SMILES string of the molecule is COc1cc(C(=O)O)ccc1CCNC(=O)CC(C)c1ccc(F)cc1. The number of rotatable bonds is 8. The van der Waals surface area contributed by atoms with Crippen LogP contribution in [0.2, 0.25) is 0 Å².